The smallest absolute Gasteiger partial charge is 0.243 e. The van der Waals surface area contributed by atoms with Crippen LogP contribution in [-0.4, -0.2) is 9.97 Å². The van der Waals surface area contributed by atoms with Gasteiger partial charge < -0.3 is 0 Å². The first-order valence-corrected chi connectivity index (χ1v) is 2.66. The lowest BCUT2D eigenvalue weighted by molar-refractivity contribution is -0.144. The van der Waals surface area contributed by atoms with Crippen molar-refractivity contribution in [3.05, 3.63) is 23.8 Å². The van der Waals surface area contributed by atoms with Gasteiger partial charge in [0.15, 0.2) is 5.69 Å². The molecule has 1 aromatic rings. The quantitative estimate of drug-likeness (QED) is 0.574. The van der Waals surface area contributed by atoms with Crippen LogP contribution in [0.1, 0.15) is 5.69 Å². The van der Waals surface area contributed by atoms with Gasteiger partial charge >= 0.3 is 6.18 Å². The summed E-state index contributed by atoms with van der Waals surface area (Å²) in [5.74, 6) is -3.34. The number of nitrogens with zero attached hydrogens (tertiary/aromatic N) is 2. The van der Waals surface area contributed by atoms with E-state index in [-0.39, 0.29) is 6.20 Å². The molecule has 0 bridgehead atoms. The van der Waals surface area contributed by atoms with Crippen LogP contribution in [0.15, 0.2) is 6.20 Å². The van der Waals surface area contributed by atoms with Crippen molar-refractivity contribution in [1.29, 1.82) is 0 Å². The maximum atomic E-state index is 12.2. The molecule has 0 aliphatic heterocycles. The third kappa shape index (κ3) is 1.66. The highest BCUT2D eigenvalue weighted by molar-refractivity contribution is 5.02. The van der Waals surface area contributed by atoms with Gasteiger partial charge in [0.25, 0.3) is 0 Å². The Kier molecular flexibility index (Phi) is 1.95. The van der Waals surface area contributed by atoms with Gasteiger partial charge in [0.2, 0.25) is 11.9 Å². The monoisotopic (exact) mass is 184 g/mol. The zero-order chi connectivity index (χ0) is 9.35. The van der Waals surface area contributed by atoms with Crippen LogP contribution < -0.4 is 0 Å². The van der Waals surface area contributed by atoms with Crippen molar-refractivity contribution >= 4 is 0 Å². The predicted octanol–water partition coefficient (Wildman–Crippen LogP) is 1.77. The Bertz CT molecular complexity index is 294. The normalized spacial score (nSPS) is 11.8. The lowest BCUT2D eigenvalue weighted by Gasteiger charge is -2.04. The van der Waals surface area contributed by atoms with Crippen molar-refractivity contribution in [1.82, 2.24) is 9.97 Å². The summed E-state index contributed by atoms with van der Waals surface area (Å²) >= 11 is 0. The van der Waals surface area contributed by atoms with E-state index in [4.69, 9.17) is 0 Å². The average Bonchev–Trinajstić information content (AvgIpc) is 1.83. The fraction of sp³-hybridized carbons (Fsp3) is 0.200. The van der Waals surface area contributed by atoms with E-state index in [9.17, 15) is 22.0 Å². The van der Waals surface area contributed by atoms with E-state index in [1.807, 2.05) is 0 Å². The van der Waals surface area contributed by atoms with Gasteiger partial charge in [-0.25, -0.2) is 4.98 Å². The van der Waals surface area contributed by atoms with Crippen molar-refractivity contribution in [2.75, 3.05) is 0 Å². The Morgan fingerprint density at radius 2 is 1.75 bits per heavy atom. The molecule has 0 aliphatic rings. The van der Waals surface area contributed by atoms with E-state index in [0.717, 1.165) is 0 Å². The van der Waals surface area contributed by atoms with Crippen molar-refractivity contribution < 1.29 is 22.0 Å². The van der Waals surface area contributed by atoms with Gasteiger partial charge in [0, 0.05) is 0 Å². The first-order valence-electron chi connectivity index (χ1n) is 2.66. The average molecular weight is 184 g/mol. The highest BCUT2D eigenvalue weighted by atomic mass is 19.4. The van der Waals surface area contributed by atoms with Crippen LogP contribution in [0.5, 0.6) is 0 Å². The summed E-state index contributed by atoms with van der Waals surface area (Å²) < 4.78 is 59.3. The van der Waals surface area contributed by atoms with Crippen molar-refractivity contribution in [3.8, 4) is 0 Å². The molecule has 0 saturated carbocycles. The summed E-state index contributed by atoms with van der Waals surface area (Å²) in [4.78, 5) is 4.84. The molecule has 7 heteroatoms. The molecule has 1 rings (SSSR count). The van der Waals surface area contributed by atoms with Gasteiger partial charge in [-0.3, -0.25) is 0 Å². The molecule has 0 atom stereocenters. The molecule has 0 radical (unpaired) electrons. The minimum Gasteiger partial charge on any atom is -0.243 e. The molecular formula is C5HF5N2. The minimum atomic E-state index is -4.94. The Hall–Kier alpha value is -1.27. The van der Waals surface area contributed by atoms with E-state index in [2.05, 4.69) is 9.97 Å². The Morgan fingerprint density at radius 1 is 1.17 bits per heavy atom. The summed E-state index contributed by atoms with van der Waals surface area (Å²) in [6.45, 7) is 0. The van der Waals surface area contributed by atoms with E-state index in [1.165, 1.54) is 0 Å². The lowest BCUT2D eigenvalue weighted by atomic mass is 10.4. The summed E-state index contributed by atoms with van der Waals surface area (Å²) in [6, 6.07) is 0. The molecule has 1 heterocycles. The van der Waals surface area contributed by atoms with Crippen LogP contribution in [0.25, 0.3) is 0 Å². The van der Waals surface area contributed by atoms with E-state index < -0.39 is 23.8 Å². The van der Waals surface area contributed by atoms with Crippen LogP contribution in [0, 0.1) is 11.9 Å². The standard InChI is InChI=1S/C5HF5N2/c6-2-1-11-3(4(7)12-2)5(8,9)10/h1H. The maximum Gasteiger partial charge on any atom is 0.437 e. The predicted molar refractivity (Wildman–Crippen MR) is 26.9 cm³/mol. The molecule has 0 fully saturated rings. The topological polar surface area (TPSA) is 25.8 Å². The zero-order valence-electron chi connectivity index (χ0n) is 5.36. The van der Waals surface area contributed by atoms with Crippen molar-refractivity contribution in [2.24, 2.45) is 0 Å². The van der Waals surface area contributed by atoms with Crippen LogP contribution in [0.2, 0.25) is 0 Å². The van der Waals surface area contributed by atoms with Crippen molar-refractivity contribution in [3.63, 3.8) is 0 Å². The van der Waals surface area contributed by atoms with Crippen LogP contribution >= 0.6 is 0 Å². The van der Waals surface area contributed by atoms with E-state index in [1.54, 1.807) is 0 Å². The fourth-order valence-electron chi connectivity index (χ4n) is 0.537. The molecular weight excluding hydrogens is 183 g/mol. The fourth-order valence-corrected chi connectivity index (χ4v) is 0.537. The molecule has 0 unspecified atom stereocenters. The Morgan fingerprint density at radius 3 is 2.17 bits per heavy atom. The minimum absolute atomic E-state index is 0.200. The molecule has 1 aromatic heterocycles. The molecule has 0 N–H and O–H groups in total. The van der Waals surface area contributed by atoms with Crippen LogP contribution in [0.3, 0.4) is 0 Å². The zero-order valence-corrected chi connectivity index (χ0v) is 5.36. The molecule has 66 valence electrons. The first-order chi connectivity index (χ1) is 5.41. The summed E-state index contributed by atoms with van der Waals surface area (Å²) in [5.41, 5.74) is -1.82. The second-order valence-electron chi connectivity index (χ2n) is 1.83. The molecule has 0 aromatic carbocycles. The van der Waals surface area contributed by atoms with Gasteiger partial charge in [0.1, 0.15) is 0 Å². The Labute approximate surface area is 63.1 Å². The van der Waals surface area contributed by atoms with Gasteiger partial charge in [-0.05, 0) is 0 Å². The third-order valence-electron chi connectivity index (χ3n) is 0.969. The number of alkyl halides is 3. The summed E-state index contributed by atoms with van der Waals surface area (Å²) in [7, 11) is 0. The SMILES string of the molecule is Fc1cnc(C(F)(F)F)c(F)n1. The van der Waals surface area contributed by atoms with Crippen LogP contribution in [0.4, 0.5) is 22.0 Å². The maximum absolute atomic E-state index is 12.2. The third-order valence-corrected chi connectivity index (χ3v) is 0.969. The molecule has 0 aliphatic carbocycles. The molecule has 0 spiro atoms. The lowest BCUT2D eigenvalue weighted by Crippen LogP contribution is -2.12. The van der Waals surface area contributed by atoms with Crippen molar-refractivity contribution in [2.45, 2.75) is 6.18 Å². The largest absolute Gasteiger partial charge is 0.437 e. The molecule has 12 heavy (non-hydrogen) atoms. The first kappa shape index (κ1) is 8.82. The number of aromatic nitrogens is 2. The van der Waals surface area contributed by atoms with Gasteiger partial charge in [-0.2, -0.15) is 26.9 Å². The number of halogens is 5. The van der Waals surface area contributed by atoms with Gasteiger partial charge in [-0.15, -0.1) is 0 Å². The van der Waals surface area contributed by atoms with E-state index in [0.29, 0.717) is 0 Å². The van der Waals surface area contributed by atoms with E-state index >= 15 is 0 Å². The highest BCUT2D eigenvalue weighted by Crippen LogP contribution is 2.28. The summed E-state index contributed by atoms with van der Waals surface area (Å²) in [5, 5.41) is 0. The molecule has 2 nitrogen and oxygen atoms in total. The summed E-state index contributed by atoms with van der Waals surface area (Å²) in [6.07, 6.45) is -4.74. The number of hydrogen-bond acceptors (Lipinski definition) is 2. The highest BCUT2D eigenvalue weighted by Gasteiger charge is 2.37. The van der Waals surface area contributed by atoms with Crippen LogP contribution in [-0.2, 0) is 6.18 Å². The molecule has 0 amide bonds. The number of rotatable bonds is 0. The second kappa shape index (κ2) is 2.65. The Balaban J connectivity index is 3.19. The van der Waals surface area contributed by atoms with Gasteiger partial charge in [0.05, 0.1) is 6.20 Å². The van der Waals surface area contributed by atoms with Gasteiger partial charge in [-0.1, -0.05) is 0 Å². The molecule has 0 saturated heterocycles. The number of hydrogen-bond donors (Lipinski definition) is 0. The second-order valence-corrected chi connectivity index (χ2v) is 1.83.